The van der Waals surface area contributed by atoms with Gasteiger partial charge in [-0.2, -0.15) is 0 Å². The van der Waals surface area contributed by atoms with Gasteiger partial charge in [-0.25, -0.2) is 4.39 Å². The van der Waals surface area contributed by atoms with Crippen molar-refractivity contribution in [3.05, 3.63) is 65.5 Å². The number of piperazine rings is 1. The molecule has 1 heterocycles. The first kappa shape index (κ1) is 16.0. The molecule has 0 unspecified atom stereocenters. The van der Waals surface area contributed by atoms with Gasteiger partial charge in [0.2, 0.25) is 11.8 Å². The fourth-order valence-electron chi connectivity index (χ4n) is 2.71. The van der Waals surface area contributed by atoms with E-state index in [4.69, 9.17) is 5.73 Å². The number of nitrogen functional groups attached to an aromatic ring is 1. The van der Waals surface area contributed by atoms with Crippen LogP contribution >= 0.6 is 0 Å². The zero-order valence-electron chi connectivity index (χ0n) is 13.0. The minimum Gasteiger partial charge on any atom is -0.399 e. The first-order valence-corrected chi connectivity index (χ1v) is 7.71. The number of rotatable bonds is 4. The Kier molecular flexibility index (Phi) is 4.46. The Balaban J connectivity index is 1.63. The molecule has 1 saturated heterocycles. The van der Waals surface area contributed by atoms with Crippen LogP contribution in [0.4, 0.5) is 10.1 Å². The molecule has 2 amide bonds. The highest BCUT2D eigenvalue weighted by Crippen LogP contribution is 2.12. The van der Waals surface area contributed by atoms with E-state index in [0.29, 0.717) is 18.5 Å². The van der Waals surface area contributed by atoms with E-state index in [1.165, 1.54) is 12.1 Å². The van der Waals surface area contributed by atoms with Crippen molar-refractivity contribution in [3.63, 3.8) is 0 Å². The van der Waals surface area contributed by atoms with E-state index in [1.54, 1.807) is 24.3 Å². The van der Waals surface area contributed by atoms with E-state index in [0.717, 1.165) is 11.1 Å². The third-order valence-electron chi connectivity index (χ3n) is 4.04. The molecule has 24 heavy (non-hydrogen) atoms. The van der Waals surface area contributed by atoms with Crippen LogP contribution in [0.15, 0.2) is 48.5 Å². The second-order valence-electron chi connectivity index (χ2n) is 5.90. The zero-order valence-corrected chi connectivity index (χ0v) is 13.0. The summed E-state index contributed by atoms with van der Waals surface area (Å²) in [5, 5.41) is 5.50. The number of nitrogens with two attached hydrogens (primary N) is 1. The third kappa shape index (κ3) is 3.71. The van der Waals surface area contributed by atoms with Crippen molar-refractivity contribution in [2.75, 3.05) is 5.73 Å². The maximum Gasteiger partial charge on any atom is 0.243 e. The van der Waals surface area contributed by atoms with Gasteiger partial charge >= 0.3 is 0 Å². The smallest absolute Gasteiger partial charge is 0.243 e. The maximum atomic E-state index is 12.9. The number of hydrogen-bond donors (Lipinski definition) is 3. The molecule has 0 aliphatic carbocycles. The molecule has 0 radical (unpaired) electrons. The fourth-order valence-corrected chi connectivity index (χ4v) is 2.71. The highest BCUT2D eigenvalue weighted by molar-refractivity contribution is 5.97. The maximum absolute atomic E-state index is 12.9. The Morgan fingerprint density at radius 2 is 1.21 bits per heavy atom. The van der Waals surface area contributed by atoms with Crippen LogP contribution in [0.1, 0.15) is 11.1 Å². The molecular weight excluding hydrogens is 309 g/mol. The second-order valence-corrected chi connectivity index (χ2v) is 5.90. The van der Waals surface area contributed by atoms with Gasteiger partial charge in [0.05, 0.1) is 0 Å². The first-order valence-electron chi connectivity index (χ1n) is 7.71. The molecule has 2 aromatic carbocycles. The first-order chi connectivity index (χ1) is 11.5. The van der Waals surface area contributed by atoms with E-state index < -0.39 is 12.1 Å². The lowest BCUT2D eigenvalue weighted by Gasteiger charge is -2.29. The van der Waals surface area contributed by atoms with Gasteiger partial charge in [0.1, 0.15) is 17.9 Å². The Morgan fingerprint density at radius 1 is 0.792 bits per heavy atom. The van der Waals surface area contributed by atoms with Crippen molar-refractivity contribution in [1.82, 2.24) is 10.6 Å². The van der Waals surface area contributed by atoms with Crippen LogP contribution in [0.5, 0.6) is 0 Å². The Morgan fingerprint density at radius 3 is 1.67 bits per heavy atom. The van der Waals surface area contributed by atoms with Crippen LogP contribution in [0.3, 0.4) is 0 Å². The number of amides is 2. The second kappa shape index (κ2) is 6.70. The summed E-state index contributed by atoms with van der Waals surface area (Å²) in [5.74, 6) is -0.794. The van der Waals surface area contributed by atoms with E-state index in [2.05, 4.69) is 10.6 Å². The van der Waals surface area contributed by atoms with Gasteiger partial charge in [0.15, 0.2) is 0 Å². The minimum absolute atomic E-state index is 0.224. The monoisotopic (exact) mass is 327 g/mol. The molecule has 0 bridgehead atoms. The number of nitrogens with one attached hydrogen (secondary N) is 2. The van der Waals surface area contributed by atoms with Crippen molar-refractivity contribution < 1.29 is 14.0 Å². The molecule has 6 heteroatoms. The van der Waals surface area contributed by atoms with E-state index in [9.17, 15) is 14.0 Å². The largest absolute Gasteiger partial charge is 0.399 e. The van der Waals surface area contributed by atoms with Crippen molar-refractivity contribution in [1.29, 1.82) is 0 Å². The molecule has 0 aromatic heterocycles. The standard InChI is InChI=1S/C18H18FN3O2/c19-13-5-1-11(2-6-13)9-15-17(23)22-16(18(24)21-15)10-12-3-7-14(20)8-4-12/h1-8,15-16H,9-10,20H2,(H,21,24)(H,22,23)/t15-,16-/m0/s1. The molecule has 5 nitrogen and oxygen atoms in total. The number of carbonyl (C=O) groups excluding carboxylic acids is 2. The van der Waals surface area contributed by atoms with E-state index >= 15 is 0 Å². The lowest BCUT2D eigenvalue weighted by Crippen LogP contribution is -2.62. The Labute approximate surface area is 139 Å². The Bertz CT molecular complexity index is 678. The summed E-state index contributed by atoms with van der Waals surface area (Å²) in [4.78, 5) is 24.5. The molecule has 0 saturated carbocycles. The molecule has 1 aliphatic heterocycles. The average molecular weight is 327 g/mol. The van der Waals surface area contributed by atoms with Gasteiger partial charge in [0.25, 0.3) is 0 Å². The third-order valence-corrected chi connectivity index (χ3v) is 4.04. The highest BCUT2D eigenvalue weighted by atomic mass is 19.1. The molecule has 2 aromatic rings. The van der Waals surface area contributed by atoms with Gasteiger partial charge in [-0.05, 0) is 35.4 Å². The molecule has 1 fully saturated rings. The summed E-state index contributed by atoms with van der Waals surface area (Å²) in [5.41, 5.74) is 7.99. The molecule has 0 spiro atoms. The number of benzene rings is 2. The van der Waals surface area contributed by atoms with Gasteiger partial charge in [0, 0.05) is 18.5 Å². The van der Waals surface area contributed by atoms with E-state index in [-0.39, 0.29) is 17.6 Å². The Hall–Kier alpha value is -2.89. The van der Waals surface area contributed by atoms with Gasteiger partial charge < -0.3 is 16.4 Å². The summed E-state index contributed by atoms with van der Waals surface area (Å²) in [6.07, 6.45) is 0.730. The SMILES string of the molecule is Nc1ccc(C[C@@H]2NC(=O)[C@H](Cc3ccc(F)cc3)NC2=O)cc1. The lowest BCUT2D eigenvalue weighted by atomic mass is 9.98. The summed E-state index contributed by atoms with van der Waals surface area (Å²) >= 11 is 0. The summed E-state index contributed by atoms with van der Waals surface area (Å²) in [6, 6.07) is 11.8. The van der Waals surface area contributed by atoms with Crippen LogP contribution in [-0.4, -0.2) is 23.9 Å². The fraction of sp³-hybridized carbons (Fsp3) is 0.222. The predicted octanol–water partition coefficient (Wildman–Crippen LogP) is 1.18. The summed E-state index contributed by atoms with van der Waals surface area (Å²) in [7, 11) is 0. The quantitative estimate of drug-likeness (QED) is 0.737. The zero-order chi connectivity index (χ0) is 17.1. The molecule has 3 rings (SSSR count). The number of carbonyl (C=O) groups is 2. The molecule has 2 atom stereocenters. The number of anilines is 1. The molecule has 4 N–H and O–H groups in total. The van der Waals surface area contributed by atoms with Crippen molar-refractivity contribution >= 4 is 17.5 Å². The minimum atomic E-state index is -0.648. The van der Waals surface area contributed by atoms with E-state index in [1.807, 2.05) is 12.1 Å². The number of halogens is 1. The van der Waals surface area contributed by atoms with Crippen LogP contribution < -0.4 is 16.4 Å². The van der Waals surface area contributed by atoms with Gasteiger partial charge in [-0.3, -0.25) is 9.59 Å². The lowest BCUT2D eigenvalue weighted by molar-refractivity contribution is -0.136. The molecule has 1 aliphatic rings. The summed E-state index contributed by atoms with van der Waals surface area (Å²) < 4.78 is 12.9. The van der Waals surface area contributed by atoms with Gasteiger partial charge in [-0.1, -0.05) is 24.3 Å². The van der Waals surface area contributed by atoms with Crippen LogP contribution in [0, 0.1) is 5.82 Å². The van der Waals surface area contributed by atoms with Gasteiger partial charge in [-0.15, -0.1) is 0 Å². The van der Waals surface area contributed by atoms with Crippen molar-refractivity contribution in [2.45, 2.75) is 24.9 Å². The van der Waals surface area contributed by atoms with Crippen molar-refractivity contribution in [2.24, 2.45) is 0 Å². The topological polar surface area (TPSA) is 84.2 Å². The normalized spacial score (nSPS) is 20.4. The highest BCUT2D eigenvalue weighted by Gasteiger charge is 2.33. The summed E-state index contributed by atoms with van der Waals surface area (Å²) in [6.45, 7) is 0. The molecular formula is C18H18FN3O2. The molecule has 124 valence electrons. The number of hydrogen-bond acceptors (Lipinski definition) is 3. The predicted molar refractivity (Wildman–Crippen MR) is 88.5 cm³/mol. The van der Waals surface area contributed by atoms with Crippen LogP contribution in [0.25, 0.3) is 0 Å². The van der Waals surface area contributed by atoms with Crippen molar-refractivity contribution in [3.8, 4) is 0 Å². The van der Waals surface area contributed by atoms with Crippen LogP contribution in [0.2, 0.25) is 0 Å². The average Bonchev–Trinajstić information content (AvgIpc) is 2.56. The van der Waals surface area contributed by atoms with Crippen LogP contribution in [-0.2, 0) is 22.4 Å².